The number of alkyl halides is 1. The van der Waals surface area contributed by atoms with Crippen LogP contribution >= 0.6 is 0 Å². The van der Waals surface area contributed by atoms with Crippen molar-refractivity contribution in [3.8, 4) is 0 Å². The highest BCUT2D eigenvalue weighted by Gasteiger charge is 2.57. The molecule has 2 aliphatic rings. The van der Waals surface area contributed by atoms with Gasteiger partial charge in [-0.3, -0.25) is 4.84 Å². The number of ether oxygens (including phenoxy) is 1. The smallest absolute Gasteiger partial charge is 0.128 e. The standard InChI is InChI=1S/C13H15F2NO2/c1-8-12-10(6-17-8)13(7-14,16-18-12)9-4-2-3-5-11(9)15/h2-5,8,10,12,16H,6-7H2,1H3/t8-,10+,12-,13-/m1/s1. The molecule has 0 spiro atoms. The highest BCUT2D eigenvalue weighted by atomic mass is 19.1. The van der Waals surface area contributed by atoms with Gasteiger partial charge in [0.1, 0.15) is 24.1 Å². The lowest BCUT2D eigenvalue weighted by Crippen LogP contribution is -2.45. The minimum Gasteiger partial charge on any atom is -0.375 e. The zero-order valence-electron chi connectivity index (χ0n) is 10.0. The predicted octanol–water partition coefficient (Wildman–Crippen LogP) is 1.93. The fourth-order valence-corrected chi connectivity index (χ4v) is 2.90. The Morgan fingerprint density at radius 3 is 2.94 bits per heavy atom. The second-order valence-corrected chi connectivity index (χ2v) is 4.91. The third kappa shape index (κ3) is 1.51. The van der Waals surface area contributed by atoms with Gasteiger partial charge in [-0.1, -0.05) is 18.2 Å². The first-order chi connectivity index (χ1) is 8.69. The van der Waals surface area contributed by atoms with E-state index in [1.54, 1.807) is 18.2 Å². The van der Waals surface area contributed by atoms with Crippen LogP contribution in [0, 0.1) is 11.7 Å². The number of fused-ring (bicyclic) bond motifs is 1. The van der Waals surface area contributed by atoms with E-state index < -0.39 is 18.0 Å². The molecule has 1 N–H and O–H groups in total. The molecular formula is C13H15F2NO2. The van der Waals surface area contributed by atoms with Crippen LogP contribution in [0.2, 0.25) is 0 Å². The second-order valence-electron chi connectivity index (χ2n) is 4.91. The van der Waals surface area contributed by atoms with Gasteiger partial charge >= 0.3 is 0 Å². The molecule has 0 bridgehead atoms. The van der Waals surface area contributed by atoms with Crippen molar-refractivity contribution in [2.75, 3.05) is 13.3 Å². The first-order valence-corrected chi connectivity index (χ1v) is 6.04. The Kier molecular flexibility index (Phi) is 2.84. The van der Waals surface area contributed by atoms with Crippen molar-refractivity contribution < 1.29 is 18.4 Å². The molecule has 0 unspecified atom stereocenters. The zero-order valence-corrected chi connectivity index (χ0v) is 10.0. The summed E-state index contributed by atoms with van der Waals surface area (Å²) in [5, 5.41) is 0. The summed E-state index contributed by atoms with van der Waals surface area (Å²) in [6, 6.07) is 6.22. The summed E-state index contributed by atoms with van der Waals surface area (Å²) in [5.41, 5.74) is 1.88. The summed E-state index contributed by atoms with van der Waals surface area (Å²) in [7, 11) is 0. The highest BCUT2D eigenvalue weighted by molar-refractivity contribution is 5.29. The van der Waals surface area contributed by atoms with E-state index in [9.17, 15) is 8.78 Å². The van der Waals surface area contributed by atoms with Crippen LogP contribution in [-0.4, -0.2) is 25.5 Å². The summed E-state index contributed by atoms with van der Waals surface area (Å²) in [4.78, 5) is 5.42. The Bertz CT molecular complexity index is 456. The largest absolute Gasteiger partial charge is 0.375 e. The second kappa shape index (κ2) is 4.26. The zero-order chi connectivity index (χ0) is 12.8. The minimum atomic E-state index is -1.14. The maximum absolute atomic E-state index is 13.9. The first-order valence-electron chi connectivity index (χ1n) is 6.04. The topological polar surface area (TPSA) is 30.5 Å². The lowest BCUT2D eigenvalue weighted by atomic mass is 9.78. The van der Waals surface area contributed by atoms with Gasteiger partial charge in [-0.05, 0) is 13.0 Å². The number of hydroxylamine groups is 1. The van der Waals surface area contributed by atoms with Crippen LogP contribution in [0.1, 0.15) is 12.5 Å². The number of rotatable bonds is 2. The molecule has 5 heteroatoms. The maximum Gasteiger partial charge on any atom is 0.128 e. The number of hydrogen-bond donors (Lipinski definition) is 1. The third-order valence-electron chi connectivity index (χ3n) is 3.97. The molecule has 2 saturated heterocycles. The number of nitrogens with one attached hydrogen (secondary N) is 1. The van der Waals surface area contributed by atoms with Gasteiger partial charge < -0.3 is 4.74 Å². The van der Waals surface area contributed by atoms with E-state index in [2.05, 4.69) is 5.48 Å². The van der Waals surface area contributed by atoms with Gasteiger partial charge in [0, 0.05) is 11.5 Å². The molecule has 1 aromatic rings. The van der Waals surface area contributed by atoms with Crippen LogP contribution < -0.4 is 5.48 Å². The molecule has 4 atom stereocenters. The lowest BCUT2D eigenvalue weighted by molar-refractivity contribution is -0.0495. The Morgan fingerprint density at radius 1 is 1.44 bits per heavy atom. The van der Waals surface area contributed by atoms with E-state index in [4.69, 9.17) is 9.57 Å². The molecule has 0 aromatic heterocycles. The highest BCUT2D eigenvalue weighted by Crippen LogP contribution is 2.44. The molecule has 3 rings (SSSR count). The molecule has 98 valence electrons. The molecule has 2 heterocycles. The number of hydrogen-bond acceptors (Lipinski definition) is 3. The molecule has 0 saturated carbocycles. The van der Waals surface area contributed by atoms with Crippen molar-refractivity contribution >= 4 is 0 Å². The summed E-state index contributed by atoms with van der Waals surface area (Å²) in [6.45, 7) is 1.52. The quantitative estimate of drug-likeness (QED) is 0.876. The minimum absolute atomic E-state index is 0.109. The average molecular weight is 255 g/mol. The van der Waals surface area contributed by atoms with Crippen molar-refractivity contribution in [1.29, 1.82) is 0 Å². The van der Waals surface area contributed by atoms with E-state index in [1.165, 1.54) is 6.07 Å². The van der Waals surface area contributed by atoms with E-state index >= 15 is 0 Å². The van der Waals surface area contributed by atoms with Gasteiger partial charge in [0.2, 0.25) is 0 Å². The van der Waals surface area contributed by atoms with Gasteiger partial charge in [-0.25, -0.2) is 8.78 Å². The van der Waals surface area contributed by atoms with Crippen molar-refractivity contribution in [1.82, 2.24) is 5.48 Å². The molecule has 3 nitrogen and oxygen atoms in total. The normalized spacial score (nSPS) is 38.9. The summed E-state index contributed by atoms with van der Waals surface area (Å²) >= 11 is 0. The summed E-state index contributed by atoms with van der Waals surface area (Å²) in [5.74, 6) is -0.638. The van der Waals surface area contributed by atoms with Crippen LogP contribution in [0.5, 0.6) is 0 Å². The van der Waals surface area contributed by atoms with Gasteiger partial charge in [0.25, 0.3) is 0 Å². The fraction of sp³-hybridized carbons (Fsp3) is 0.538. The van der Waals surface area contributed by atoms with Gasteiger partial charge in [0.05, 0.1) is 12.7 Å². The van der Waals surface area contributed by atoms with E-state index in [0.717, 1.165) is 0 Å². The molecule has 1 aromatic carbocycles. The monoisotopic (exact) mass is 255 g/mol. The van der Waals surface area contributed by atoms with Gasteiger partial charge in [-0.2, -0.15) is 5.48 Å². The molecule has 18 heavy (non-hydrogen) atoms. The Balaban J connectivity index is 2.04. The van der Waals surface area contributed by atoms with Gasteiger partial charge in [-0.15, -0.1) is 0 Å². The van der Waals surface area contributed by atoms with Gasteiger partial charge in [0.15, 0.2) is 0 Å². The summed E-state index contributed by atoms with van der Waals surface area (Å²) in [6.07, 6.45) is -0.344. The lowest BCUT2D eigenvalue weighted by Gasteiger charge is -2.30. The molecular weight excluding hydrogens is 240 g/mol. The van der Waals surface area contributed by atoms with Crippen molar-refractivity contribution in [2.45, 2.75) is 24.7 Å². The predicted molar refractivity (Wildman–Crippen MR) is 61.0 cm³/mol. The van der Waals surface area contributed by atoms with Crippen molar-refractivity contribution in [2.24, 2.45) is 5.92 Å². The molecule has 0 amide bonds. The fourth-order valence-electron chi connectivity index (χ4n) is 2.90. The van der Waals surface area contributed by atoms with Crippen LogP contribution in [0.4, 0.5) is 8.78 Å². The maximum atomic E-state index is 13.9. The SMILES string of the molecule is C[C@H]1OC[C@H]2[C@@H]1ON[C@]2(CF)c1ccccc1F. The van der Waals surface area contributed by atoms with Crippen LogP contribution in [0.15, 0.2) is 24.3 Å². The van der Waals surface area contributed by atoms with Crippen LogP contribution in [0.3, 0.4) is 0 Å². The Labute approximate surface area is 104 Å². The Morgan fingerprint density at radius 2 is 2.22 bits per heavy atom. The van der Waals surface area contributed by atoms with E-state index in [-0.39, 0.29) is 18.1 Å². The van der Waals surface area contributed by atoms with E-state index in [1.807, 2.05) is 6.92 Å². The molecule has 0 radical (unpaired) electrons. The Hall–Kier alpha value is -1.04. The van der Waals surface area contributed by atoms with Crippen molar-refractivity contribution in [3.05, 3.63) is 35.6 Å². The molecule has 2 fully saturated rings. The summed E-state index contributed by atoms with van der Waals surface area (Å²) < 4.78 is 33.0. The first kappa shape index (κ1) is 12.0. The number of benzene rings is 1. The molecule has 0 aliphatic carbocycles. The van der Waals surface area contributed by atoms with E-state index in [0.29, 0.717) is 12.2 Å². The average Bonchev–Trinajstić information content (AvgIpc) is 2.92. The van der Waals surface area contributed by atoms with Crippen LogP contribution in [0.25, 0.3) is 0 Å². The third-order valence-corrected chi connectivity index (χ3v) is 3.97. The molecule has 2 aliphatic heterocycles. The number of halogens is 2. The van der Waals surface area contributed by atoms with Crippen LogP contribution in [-0.2, 0) is 15.1 Å². The van der Waals surface area contributed by atoms with Crippen molar-refractivity contribution in [3.63, 3.8) is 0 Å².